The molecule has 1 unspecified atom stereocenters. The Morgan fingerprint density at radius 3 is 2.71 bits per heavy atom. The molecule has 1 aromatic rings. The molecule has 0 spiro atoms. The predicted octanol–water partition coefficient (Wildman–Crippen LogP) is 0.499. The van der Waals surface area contributed by atoms with Crippen molar-refractivity contribution >= 4 is 23.2 Å². The fraction of sp³-hybridized carbons (Fsp3) is 0.385. The summed E-state index contributed by atoms with van der Waals surface area (Å²) in [5.74, 6) is -1.01. The Balaban J connectivity index is 2.49. The highest BCUT2D eigenvalue weighted by Gasteiger charge is 2.34. The summed E-state index contributed by atoms with van der Waals surface area (Å²) in [4.78, 5) is 35.1. The second-order valence-corrected chi connectivity index (χ2v) is 4.90. The van der Waals surface area contributed by atoms with Crippen LogP contribution in [0.15, 0.2) is 18.2 Å². The van der Waals surface area contributed by atoms with Crippen molar-refractivity contribution in [3.63, 3.8) is 0 Å². The lowest BCUT2D eigenvalue weighted by atomic mass is 10.1. The zero-order valence-electron chi connectivity index (χ0n) is 11.6. The maximum Gasteiger partial charge on any atom is 0.292 e. The van der Waals surface area contributed by atoms with Gasteiger partial charge in [0.1, 0.15) is 11.7 Å². The third kappa shape index (κ3) is 2.84. The molecule has 1 heterocycles. The summed E-state index contributed by atoms with van der Waals surface area (Å²) in [6, 6.07) is 3.54. The van der Waals surface area contributed by atoms with E-state index in [9.17, 15) is 24.8 Å². The fourth-order valence-corrected chi connectivity index (χ4v) is 2.20. The molecular weight excluding hydrogens is 278 g/mol. The zero-order valence-corrected chi connectivity index (χ0v) is 11.6. The molecule has 0 radical (unpaired) electrons. The van der Waals surface area contributed by atoms with Crippen molar-refractivity contribution in [1.82, 2.24) is 5.32 Å². The van der Waals surface area contributed by atoms with Gasteiger partial charge >= 0.3 is 0 Å². The van der Waals surface area contributed by atoms with E-state index >= 15 is 0 Å². The zero-order chi connectivity index (χ0) is 15.7. The van der Waals surface area contributed by atoms with Crippen LogP contribution in [0.5, 0.6) is 0 Å². The minimum absolute atomic E-state index is 0.137. The number of carbonyl (C=O) groups is 2. The maximum absolute atomic E-state index is 11.7. The van der Waals surface area contributed by atoms with Crippen molar-refractivity contribution in [2.45, 2.75) is 26.0 Å². The number of nitrogens with zero attached hydrogens (tertiary/aromatic N) is 2. The molecule has 2 N–H and O–H groups in total. The third-order valence-electron chi connectivity index (χ3n) is 3.41. The number of nitro groups is 1. The van der Waals surface area contributed by atoms with Crippen molar-refractivity contribution in [1.29, 1.82) is 0 Å². The van der Waals surface area contributed by atoms with Crippen LogP contribution >= 0.6 is 0 Å². The topological polar surface area (TPSA) is 113 Å². The Morgan fingerprint density at radius 2 is 2.14 bits per heavy atom. The van der Waals surface area contributed by atoms with E-state index in [1.807, 2.05) is 0 Å². The van der Waals surface area contributed by atoms with Gasteiger partial charge in [0.2, 0.25) is 11.8 Å². The van der Waals surface area contributed by atoms with Gasteiger partial charge in [-0.3, -0.25) is 25.0 Å². The van der Waals surface area contributed by atoms with Gasteiger partial charge in [0.15, 0.2) is 0 Å². The minimum Gasteiger partial charge on any atom is -0.389 e. The molecule has 1 saturated heterocycles. The normalized spacial score (nSPS) is 20.1. The number of hydrogen-bond acceptors (Lipinski definition) is 6. The van der Waals surface area contributed by atoms with Crippen LogP contribution in [0.2, 0.25) is 0 Å². The highest BCUT2D eigenvalue weighted by molar-refractivity contribution is 6.04. The van der Waals surface area contributed by atoms with Crippen LogP contribution in [-0.2, 0) is 9.59 Å². The smallest absolute Gasteiger partial charge is 0.292 e. The second-order valence-electron chi connectivity index (χ2n) is 4.90. The first kappa shape index (κ1) is 14.9. The summed E-state index contributed by atoms with van der Waals surface area (Å²) in [5, 5.41) is 22.9. The van der Waals surface area contributed by atoms with Crippen LogP contribution in [0.4, 0.5) is 11.4 Å². The van der Waals surface area contributed by atoms with Gasteiger partial charge in [-0.2, -0.15) is 0 Å². The Kier molecular flexibility index (Phi) is 3.90. The van der Waals surface area contributed by atoms with Crippen LogP contribution in [0, 0.1) is 10.1 Å². The van der Waals surface area contributed by atoms with E-state index < -0.39 is 28.9 Å². The Labute approximate surface area is 120 Å². The molecule has 1 aromatic carbocycles. The number of benzene rings is 1. The molecule has 112 valence electrons. The van der Waals surface area contributed by atoms with Crippen LogP contribution in [0.1, 0.15) is 25.5 Å². The van der Waals surface area contributed by atoms with E-state index in [2.05, 4.69) is 5.32 Å². The predicted molar refractivity (Wildman–Crippen MR) is 73.7 cm³/mol. The molecule has 2 atom stereocenters. The van der Waals surface area contributed by atoms with E-state index in [1.54, 1.807) is 6.92 Å². The first-order valence-corrected chi connectivity index (χ1v) is 6.38. The Bertz CT molecular complexity index is 614. The highest BCUT2D eigenvalue weighted by atomic mass is 16.6. The molecule has 1 aliphatic rings. The van der Waals surface area contributed by atoms with Crippen LogP contribution in [0.25, 0.3) is 0 Å². The highest BCUT2D eigenvalue weighted by Crippen LogP contribution is 2.32. The van der Waals surface area contributed by atoms with Gasteiger partial charge in [-0.15, -0.1) is 0 Å². The van der Waals surface area contributed by atoms with Crippen LogP contribution in [-0.4, -0.2) is 34.4 Å². The summed E-state index contributed by atoms with van der Waals surface area (Å²) < 4.78 is 0. The molecule has 1 aliphatic heterocycles. The standard InChI is InChI=1S/C13H15N3O5/c1-7-13(19)14-12(18)6-15(7)10-4-3-9(8(2)17)5-11(10)16(20)21/h3-5,7-8,17H,6H2,1-2H3,(H,14,18,19)/t7?,8-/m0/s1. The minimum atomic E-state index is -0.846. The number of nitro benzene ring substituents is 1. The van der Waals surface area contributed by atoms with Crippen molar-refractivity contribution in [2.24, 2.45) is 0 Å². The average molecular weight is 293 g/mol. The fourth-order valence-electron chi connectivity index (χ4n) is 2.20. The van der Waals surface area contributed by atoms with E-state index in [4.69, 9.17) is 0 Å². The molecule has 2 rings (SSSR count). The number of nitrogens with one attached hydrogen (secondary N) is 1. The molecule has 2 amide bonds. The van der Waals surface area contributed by atoms with Crippen LogP contribution in [0.3, 0.4) is 0 Å². The van der Waals surface area contributed by atoms with Gasteiger partial charge in [-0.25, -0.2) is 0 Å². The summed E-state index contributed by atoms with van der Waals surface area (Å²) in [7, 11) is 0. The van der Waals surface area contributed by atoms with E-state index in [-0.39, 0.29) is 17.9 Å². The quantitative estimate of drug-likeness (QED) is 0.476. The van der Waals surface area contributed by atoms with Gasteiger partial charge < -0.3 is 10.0 Å². The second kappa shape index (κ2) is 5.49. The molecule has 0 aliphatic carbocycles. The summed E-state index contributed by atoms with van der Waals surface area (Å²) in [5.41, 5.74) is 0.328. The third-order valence-corrected chi connectivity index (χ3v) is 3.41. The van der Waals surface area contributed by atoms with Gasteiger partial charge in [0.05, 0.1) is 17.6 Å². The number of anilines is 1. The van der Waals surface area contributed by atoms with E-state index in [1.165, 1.54) is 30.0 Å². The first-order valence-electron chi connectivity index (χ1n) is 6.38. The Hall–Kier alpha value is -2.48. The molecule has 8 heteroatoms. The van der Waals surface area contributed by atoms with Crippen LogP contribution < -0.4 is 10.2 Å². The maximum atomic E-state index is 11.7. The summed E-state index contributed by atoms with van der Waals surface area (Å²) in [6.07, 6.45) is -0.846. The van der Waals surface area contributed by atoms with Crippen molar-refractivity contribution in [2.75, 3.05) is 11.4 Å². The summed E-state index contributed by atoms with van der Waals surface area (Å²) >= 11 is 0. The monoisotopic (exact) mass is 293 g/mol. The lowest BCUT2D eigenvalue weighted by Crippen LogP contribution is -2.57. The van der Waals surface area contributed by atoms with Gasteiger partial charge in [0, 0.05) is 6.07 Å². The number of imide groups is 1. The molecule has 0 bridgehead atoms. The molecule has 0 saturated carbocycles. The number of amides is 2. The largest absolute Gasteiger partial charge is 0.389 e. The number of hydrogen-bond donors (Lipinski definition) is 2. The van der Waals surface area contributed by atoms with Gasteiger partial charge in [0.25, 0.3) is 5.69 Å². The van der Waals surface area contributed by atoms with Gasteiger partial charge in [-0.1, -0.05) is 6.07 Å². The van der Waals surface area contributed by atoms with Crippen molar-refractivity contribution in [3.05, 3.63) is 33.9 Å². The first-order chi connectivity index (χ1) is 9.81. The molecular formula is C13H15N3O5. The molecule has 1 fully saturated rings. The van der Waals surface area contributed by atoms with E-state index in [0.29, 0.717) is 5.56 Å². The Morgan fingerprint density at radius 1 is 1.48 bits per heavy atom. The van der Waals surface area contributed by atoms with Crippen molar-refractivity contribution in [3.8, 4) is 0 Å². The van der Waals surface area contributed by atoms with Crippen molar-refractivity contribution < 1.29 is 19.6 Å². The number of carbonyl (C=O) groups excluding carboxylic acids is 2. The number of aliphatic hydroxyl groups is 1. The average Bonchev–Trinajstić information content (AvgIpc) is 2.42. The molecule has 21 heavy (non-hydrogen) atoms. The number of rotatable bonds is 3. The van der Waals surface area contributed by atoms with Gasteiger partial charge in [-0.05, 0) is 25.5 Å². The lowest BCUT2D eigenvalue weighted by molar-refractivity contribution is -0.384. The lowest BCUT2D eigenvalue weighted by Gasteiger charge is -2.33. The summed E-state index contributed by atoms with van der Waals surface area (Å²) in [6.45, 7) is 2.93. The number of aliphatic hydroxyl groups excluding tert-OH is 1. The molecule has 8 nitrogen and oxygen atoms in total. The SMILES string of the molecule is CC1C(=O)NC(=O)CN1c1ccc([C@H](C)O)cc1[N+](=O)[O-]. The number of piperazine rings is 1. The molecule has 0 aromatic heterocycles. The van der Waals surface area contributed by atoms with E-state index in [0.717, 1.165) is 0 Å².